The van der Waals surface area contributed by atoms with Crippen molar-refractivity contribution in [1.82, 2.24) is 0 Å². The van der Waals surface area contributed by atoms with Gasteiger partial charge in [0, 0.05) is 0 Å². The number of hydrogen-bond donors (Lipinski definition) is 1. The Kier molecular flexibility index (Phi) is 3.77. The topological polar surface area (TPSA) is 37.3 Å². The first kappa shape index (κ1) is 11.0. The van der Waals surface area contributed by atoms with Crippen LogP contribution in [0.4, 0.5) is 0 Å². The number of halogens is 1. The lowest BCUT2D eigenvalue weighted by molar-refractivity contribution is -0.139. The molecule has 1 atom stereocenters. The predicted molar refractivity (Wildman–Crippen MR) is 56.2 cm³/mol. The average molecular weight is 249 g/mol. The maximum atomic E-state index is 10.9. The number of aliphatic carboxylic acids is 1. The van der Waals surface area contributed by atoms with Gasteiger partial charge < -0.3 is 5.11 Å². The first-order valence-electron chi connectivity index (χ1n) is 4.99. The van der Waals surface area contributed by atoms with E-state index in [0.29, 0.717) is 0 Å². The standard InChI is InChI=1S/C10H17BrO2/c1-2-10(8(11)9(12)13)6-4-3-5-7-10/h8H,2-7H2,1H3,(H,12,13). The fraction of sp³-hybridized carbons (Fsp3) is 0.900. The SMILES string of the molecule is CCC1(C(Br)C(=O)O)CCCCC1. The summed E-state index contributed by atoms with van der Waals surface area (Å²) in [6.07, 6.45) is 6.72. The van der Waals surface area contributed by atoms with Crippen LogP contribution in [0, 0.1) is 5.41 Å². The number of rotatable bonds is 3. The fourth-order valence-electron chi connectivity index (χ4n) is 2.30. The van der Waals surface area contributed by atoms with Crippen molar-refractivity contribution in [2.24, 2.45) is 5.41 Å². The molecule has 1 fully saturated rings. The lowest BCUT2D eigenvalue weighted by Crippen LogP contribution is -2.37. The van der Waals surface area contributed by atoms with Gasteiger partial charge in [-0.25, -0.2) is 0 Å². The Morgan fingerprint density at radius 1 is 1.46 bits per heavy atom. The molecular weight excluding hydrogens is 232 g/mol. The molecule has 1 unspecified atom stereocenters. The molecule has 1 aliphatic carbocycles. The monoisotopic (exact) mass is 248 g/mol. The van der Waals surface area contributed by atoms with Crippen molar-refractivity contribution in [1.29, 1.82) is 0 Å². The van der Waals surface area contributed by atoms with E-state index in [2.05, 4.69) is 22.9 Å². The van der Waals surface area contributed by atoms with Crippen molar-refractivity contribution in [3.05, 3.63) is 0 Å². The van der Waals surface area contributed by atoms with Crippen molar-refractivity contribution in [3.8, 4) is 0 Å². The van der Waals surface area contributed by atoms with E-state index in [0.717, 1.165) is 19.3 Å². The van der Waals surface area contributed by atoms with E-state index in [1.165, 1.54) is 19.3 Å². The van der Waals surface area contributed by atoms with E-state index in [1.807, 2.05) is 0 Å². The predicted octanol–water partition coefficient (Wildman–Crippen LogP) is 3.20. The molecule has 13 heavy (non-hydrogen) atoms. The second kappa shape index (κ2) is 4.45. The molecule has 2 nitrogen and oxygen atoms in total. The Bertz CT molecular complexity index is 185. The first-order valence-corrected chi connectivity index (χ1v) is 5.91. The highest BCUT2D eigenvalue weighted by Crippen LogP contribution is 2.45. The van der Waals surface area contributed by atoms with Crippen LogP contribution in [0.2, 0.25) is 0 Å². The number of hydrogen-bond acceptors (Lipinski definition) is 1. The molecule has 0 heterocycles. The number of carbonyl (C=O) groups is 1. The van der Waals surface area contributed by atoms with Gasteiger partial charge in [-0.1, -0.05) is 42.1 Å². The quantitative estimate of drug-likeness (QED) is 0.780. The van der Waals surface area contributed by atoms with E-state index in [9.17, 15) is 4.79 Å². The molecular formula is C10H17BrO2. The zero-order valence-electron chi connectivity index (χ0n) is 8.05. The fourth-order valence-corrected chi connectivity index (χ4v) is 3.09. The van der Waals surface area contributed by atoms with Gasteiger partial charge in [0.2, 0.25) is 0 Å². The van der Waals surface area contributed by atoms with Crippen LogP contribution in [0.15, 0.2) is 0 Å². The molecule has 1 saturated carbocycles. The molecule has 0 aromatic rings. The Morgan fingerprint density at radius 3 is 2.38 bits per heavy atom. The summed E-state index contributed by atoms with van der Waals surface area (Å²) in [5.41, 5.74) is 0.0179. The zero-order chi connectivity index (χ0) is 9.90. The van der Waals surface area contributed by atoms with Crippen LogP contribution in [0.3, 0.4) is 0 Å². The van der Waals surface area contributed by atoms with Crippen LogP contribution in [0.1, 0.15) is 45.4 Å². The molecule has 1 aliphatic rings. The normalized spacial score (nSPS) is 23.8. The maximum Gasteiger partial charge on any atom is 0.317 e. The molecule has 0 amide bonds. The highest BCUT2D eigenvalue weighted by Gasteiger charge is 2.40. The third kappa shape index (κ3) is 2.25. The van der Waals surface area contributed by atoms with E-state index < -0.39 is 5.97 Å². The molecule has 0 spiro atoms. The Hall–Kier alpha value is -0.0500. The van der Waals surface area contributed by atoms with Crippen LogP contribution in [0.25, 0.3) is 0 Å². The first-order chi connectivity index (χ1) is 6.12. The smallest absolute Gasteiger partial charge is 0.317 e. The summed E-state index contributed by atoms with van der Waals surface area (Å²) in [5, 5.41) is 8.98. The molecule has 1 N–H and O–H groups in total. The Balaban J connectivity index is 2.72. The molecule has 0 saturated heterocycles. The second-order valence-electron chi connectivity index (χ2n) is 3.98. The van der Waals surface area contributed by atoms with Gasteiger partial charge in [0.15, 0.2) is 0 Å². The van der Waals surface area contributed by atoms with E-state index in [-0.39, 0.29) is 10.2 Å². The summed E-state index contributed by atoms with van der Waals surface area (Å²) >= 11 is 3.32. The third-order valence-corrected chi connectivity index (χ3v) is 4.67. The third-order valence-electron chi connectivity index (χ3n) is 3.31. The minimum Gasteiger partial charge on any atom is -0.480 e. The van der Waals surface area contributed by atoms with Crippen molar-refractivity contribution in [2.75, 3.05) is 0 Å². The molecule has 3 heteroatoms. The lowest BCUT2D eigenvalue weighted by atomic mass is 9.70. The zero-order valence-corrected chi connectivity index (χ0v) is 9.64. The van der Waals surface area contributed by atoms with Crippen LogP contribution >= 0.6 is 15.9 Å². The molecule has 1 rings (SSSR count). The summed E-state index contributed by atoms with van der Waals surface area (Å²) in [5.74, 6) is -0.705. The van der Waals surface area contributed by atoms with E-state index >= 15 is 0 Å². The van der Waals surface area contributed by atoms with Gasteiger partial charge in [0.05, 0.1) is 0 Å². The number of alkyl halides is 1. The van der Waals surface area contributed by atoms with Gasteiger partial charge in [-0.05, 0) is 24.7 Å². The maximum absolute atomic E-state index is 10.9. The number of carboxylic acids is 1. The highest BCUT2D eigenvalue weighted by molar-refractivity contribution is 9.10. The molecule has 76 valence electrons. The lowest BCUT2D eigenvalue weighted by Gasteiger charge is -2.38. The van der Waals surface area contributed by atoms with E-state index in [1.54, 1.807) is 0 Å². The highest BCUT2D eigenvalue weighted by atomic mass is 79.9. The largest absolute Gasteiger partial charge is 0.480 e. The van der Waals surface area contributed by atoms with Crippen molar-refractivity contribution >= 4 is 21.9 Å². The molecule has 0 radical (unpaired) electrons. The van der Waals surface area contributed by atoms with Crippen LogP contribution in [-0.4, -0.2) is 15.9 Å². The van der Waals surface area contributed by atoms with Gasteiger partial charge in [0.1, 0.15) is 4.83 Å². The van der Waals surface area contributed by atoms with Crippen LogP contribution in [0.5, 0.6) is 0 Å². The van der Waals surface area contributed by atoms with Gasteiger partial charge in [-0.3, -0.25) is 4.79 Å². The summed E-state index contributed by atoms with van der Waals surface area (Å²) in [4.78, 5) is 10.6. The van der Waals surface area contributed by atoms with Crippen LogP contribution in [-0.2, 0) is 4.79 Å². The Labute approximate surface area is 87.8 Å². The van der Waals surface area contributed by atoms with Crippen molar-refractivity contribution < 1.29 is 9.90 Å². The average Bonchev–Trinajstić information content (AvgIpc) is 2.17. The molecule has 0 aliphatic heterocycles. The summed E-state index contributed by atoms with van der Waals surface area (Å²) in [6, 6.07) is 0. The van der Waals surface area contributed by atoms with Gasteiger partial charge in [0.25, 0.3) is 0 Å². The van der Waals surface area contributed by atoms with Gasteiger partial charge in [-0.2, -0.15) is 0 Å². The van der Waals surface area contributed by atoms with Crippen molar-refractivity contribution in [2.45, 2.75) is 50.3 Å². The Morgan fingerprint density at radius 2 is 2.00 bits per heavy atom. The summed E-state index contributed by atoms with van der Waals surface area (Å²) in [6.45, 7) is 2.10. The molecule has 0 bridgehead atoms. The molecule has 0 aromatic heterocycles. The van der Waals surface area contributed by atoms with E-state index in [4.69, 9.17) is 5.11 Å². The summed E-state index contributed by atoms with van der Waals surface area (Å²) < 4.78 is 0. The summed E-state index contributed by atoms with van der Waals surface area (Å²) in [7, 11) is 0. The minimum absolute atomic E-state index is 0.0179. The second-order valence-corrected chi connectivity index (χ2v) is 4.89. The van der Waals surface area contributed by atoms with Gasteiger partial charge in [-0.15, -0.1) is 0 Å². The minimum atomic E-state index is -0.705. The van der Waals surface area contributed by atoms with Gasteiger partial charge >= 0.3 is 5.97 Å². The molecule has 0 aromatic carbocycles. The number of carboxylic acid groups (broad SMARTS) is 1. The van der Waals surface area contributed by atoms with Crippen LogP contribution < -0.4 is 0 Å². The van der Waals surface area contributed by atoms with Crippen molar-refractivity contribution in [3.63, 3.8) is 0 Å².